The average Bonchev–Trinajstić information content (AvgIpc) is 3.04. The Bertz CT molecular complexity index is 458. The number of esters is 1. The largest absolute Gasteiger partial charge is 0.465 e. The lowest BCUT2D eigenvalue weighted by molar-refractivity contribution is 0.0595. The molecule has 2 unspecified atom stereocenters. The Hall–Kier alpha value is -0.870. The van der Waals surface area contributed by atoms with Crippen LogP contribution in [0.5, 0.6) is 0 Å². The molecule has 3 nitrogen and oxygen atoms in total. The van der Waals surface area contributed by atoms with Crippen molar-refractivity contribution in [3.63, 3.8) is 0 Å². The monoisotopic (exact) mass is 282 g/mol. The molecule has 2 heterocycles. The number of aryl methyl sites for hydroxylation is 1. The van der Waals surface area contributed by atoms with Crippen LogP contribution >= 0.6 is 11.3 Å². The van der Waals surface area contributed by atoms with Crippen LogP contribution in [0.1, 0.15) is 47.5 Å². The molecule has 1 fully saturated rings. The van der Waals surface area contributed by atoms with E-state index in [2.05, 4.69) is 19.2 Å². The van der Waals surface area contributed by atoms with Gasteiger partial charge in [-0.1, -0.05) is 20.3 Å². The van der Waals surface area contributed by atoms with Crippen LogP contribution < -0.4 is 0 Å². The fourth-order valence-electron chi connectivity index (χ4n) is 2.93. The van der Waals surface area contributed by atoms with Gasteiger partial charge in [0.25, 0.3) is 0 Å². The normalized spacial score (nSPS) is 24.4. The molecule has 4 heteroatoms. The maximum Gasteiger partial charge on any atom is 0.339 e. The highest BCUT2D eigenvalue weighted by Gasteiger charge is 2.44. The summed E-state index contributed by atoms with van der Waals surface area (Å²) >= 11 is 1.68. The molecule has 19 heavy (non-hydrogen) atoms. The summed E-state index contributed by atoms with van der Waals surface area (Å²) in [6.45, 7) is 7.92. The second kappa shape index (κ2) is 5.63. The molecule has 1 saturated heterocycles. The van der Waals surface area contributed by atoms with Crippen molar-refractivity contribution in [3.8, 4) is 0 Å². The van der Waals surface area contributed by atoms with E-state index in [9.17, 15) is 4.79 Å². The molecule has 0 aliphatic carbocycles. The average molecular weight is 282 g/mol. The summed E-state index contributed by atoms with van der Waals surface area (Å²) < 4.78 is 10.6. The number of methoxy groups -OCH3 is 1. The van der Waals surface area contributed by atoms with Crippen molar-refractivity contribution in [2.45, 2.75) is 39.0 Å². The van der Waals surface area contributed by atoms with Crippen molar-refractivity contribution in [2.75, 3.05) is 20.3 Å². The third-order valence-electron chi connectivity index (χ3n) is 4.42. The first-order valence-electron chi connectivity index (χ1n) is 6.81. The van der Waals surface area contributed by atoms with Crippen molar-refractivity contribution in [3.05, 3.63) is 21.4 Å². The number of thiophene rings is 1. The highest BCUT2D eigenvalue weighted by molar-refractivity contribution is 7.10. The summed E-state index contributed by atoms with van der Waals surface area (Å²) in [5.41, 5.74) is 1.76. The first-order valence-corrected chi connectivity index (χ1v) is 7.69. The smallest absolute Gasteiger partial charge is 0.339 e. The highest BCUT2D eigenvalue weighted by Crippen LogP contribution is 2.46. The summed E-state index contributed by atoms with van der Waals surface area (Å²) in [6.07, 6.45) is 2.08. The number of ether oxygens (including phenoxy) is 2. The first-order chi connectivity index (χ1) is 9.06. The standard InChI is InChI=1S/C15H22O3S/c1-5-11(3)15(6-7-18-9-15)13-12(14(16)17-4)10(2)8-19-13/h8,11H,5-7,9H2,1-4H3. The van der Waals surface area contributed by atoms with Crippen molar-refractivity contribution in [1.29, 1.82) is 0 Å². The van der Waals surface area contributed by atoms with Crippen LogP contribution in [-0.4, -0.2) is 26.3 Å². The minimum absolute atomic E-state index is 0.0167. The minimum atomic E-state index is -0.219. The van der Waals surface area contributed by atoms with E-state index in [1.165, 1.54) is 7.11 Å². The van der Waals surface area contributed by atoms with E-state index in [1.807, 2.05) is 6.92 Å². The molecular weight excluding hydrogens is 260 g/mol. The molecule has 106 valence electrons. The van der Waals surface area contributed by atoms with Gasteiger partial charge in [-0.05, 0) is 30.2 Å². The van der Waals surface area contributed by atoms with Gasteiger partial charge < -0.3 is 9.47 Å². The van der Waals surface area contributed by atoms with Crippen molar-refractivity contribution >= 4 is 17.3 Å². The van der Waals surface area contributed by atoms with Gasteiger partial charge >= 0.3 is 5.97 Å². The molecule has 0 bridgehead atoms. The molecule has 1 aliphatic heterocycles. The van der Waals surface area contributed by atoms with Gasteiger partial charge in [-0.2, -0.15) is 0 Å². The van der Waals surface area contributed by atoms with E-state index in [0.29, 0.717) is 12.5 Å². The number of rotatable bonds is 4. The van der Waals surface area contributed by atoms with E-state index >= 15 is 0 Å². The summed E-state index contributed by atoms with van der Waals surface area (Å²) in [5, 5.41) is 2.06. The fraction of sp³-hybridized carbons (Fsp3) is 0.667. The molecule has 1 aromatic heterocycles. The molecule has 1 aliphatic rings. The van der Waals surface area contributed by atoms with Gasteiger partial charge in [0.05, 0.1) is 19.3 Å². The molecule has 0 amide bonds. The predicted molar refractivity (Wildman–Crippen MR) is 77.0 cm³/mol. The third kappa shape index (κ3) is 2.32. The van der Waals surface area contributed by atoms with Crippen LogP contribution in [0, 0.1) is 12.8 Å². The second-order valence-corrected chi connectivity index (χ2v) is 6.26. The molecule has 1 aromatic rings. The van der Waals surface area contributed by atoms with E-state index < -0.39 is 0 Å². The van der Waals surface area contributed by atoms with Gasteiger partial charge in [-0.3, -0.25) is 0 Å². The summed E-state index contributed by atoms with van der Waals surface area (Å²) in [5.74, 6) is 0.278. The van der Waals surface area contributed by atoms with E-state index in [-0.39, 0.29) is 11.4 Å². The molecule has 0 saturated carbocycles. The molecule has 2 rings (SSSR count). The number of hydrogen-bond donors (Lipinski definition) is 0. The molecule has 2 atom stereocenters. The third-order valence-corrected chi connectivity index (χ3v) is 5.74. The van der Waals surface area contributed by atoms with Gasteiger partial charge in [0.2, 0.25) is 0 Å². The molecular formula is C15H22O3S. The van der Waals surface area contributed by atoms with Gasteiger partial charge in [-0.15, -0.1) is 11.3 Å². The van der Waals surface area contributed by atoms with Gasteiger partial charge in [0.15, 0.2) is 0 Å². The number of hydrogen-bond acceptors (Lipinski definition) is 4. The Balaban J connectivity index is 2.52. The van der Waals surface area contributed by atoms with Crippen LogP contribution in [0.4, 0.5) is 0 Å². The van der Waals surface area contributed by atoms with Crippen molar-refractivity contribution in [2.24, 2.45) is 5.92 Å². The second-order valence-electron chi connectivity index (χ2n) is 5.38. The summed E-state index contributed by atoms with van der Waals surface area (Å²) in [4.78, 5) is 13.2. The topological polar surface area (TPSA) is 35.5 Å². The SMILES string of the molecule is CCC(C)C1(c2scc(C)c2C(=O)OC)CCOC1. The zero-order valence-electron chi connectivity index (χ0n) is 12.1. The Kier molecular flexibility index (Phi) is 4.31. The van der Waals surface area contributed by atoms with Crippen LogP contribution in [0.15, 0.2) is 5.38 Å². The fourth-order valence-corrected chi connectivity index (χ4v) is 4.30. The van der Waals surface area contributed by atoms with Crippen LogP contribution in [0.2, 0.25) is 0 Å². The predicted octanol–water partition coefficient (Wildman–Crippen LogP) is 3.55. The van der Waals surface area contributed by atoms with Crippen molar-refractivity contribution in [1.82, 2.24) is 0 Å². The molecule has 0 aromatic carbocycles. The maximum absolute atomic E-state index is 12.1. The Labute approximate surface area is 118 Å². The zero-order valence-corrected chi connectivity index (χ0v) is 12.9. The highest BCUT2D eigenvalue weighted by atomic mass is 32.1. The van der Waals surface area contributed by atoms with Gasteiger partial charge in [-0.25, -0.2) is 4.79 Å². The quantitative estimate of drug-likeness (QED) is 0.792. The Morgan fingerprint density at radius 1 is 1.63 bits per heavy atom. The number of carbonyl (C=O) groups is 1. The lowest BCUT2D eigenvalue weighted by atomic mass is 9.72. The van der Waals surface area contributed by atoms with Crippen LogP contribution in [-0.2, 0) is 14.9 Å². The minimum Gasteiger partial charge on any atom is -0.465 e. The van der Waals surface area contributed by atoms with Gasteiger partial charge in [0.1, 0.15) is 0 Å². The first kappa shape index (κ1) is 14.5. The molecule has 0 N–H and O–H groups in total. The van der Waals surface area contributed by atoms with E-state index in [1.54, 1.807) is 11.3 Å². The van der Waals surface area contributed by atoms with Crippen molar-refractivity contribution < 1.29 is 14.3 Å². The Morgan fingerprint density at radius 2 is 2.37 bits per heavy atom. The van der Waals surface area contributed by atoms with E-state index in [4.69, 9.17) is 9.47 Å². The van der Waals surface area contributed by atoms with Crippen LogP contribution in [0.3, 0.4) is 0 Å². The lowest BCUT2D eigenvalue weighted by Crippen LogP contribution is -2.34. The zero-order chi connectivity index (χ0) is 14.0. The molecule has 0 radical (unpaired) electrons. The van der Waals surface area contributed by atoms with E-state index in [0.717, 1.165) is 35.5 Å². The van der Waals surface area contributed by atoms with Gasteiger partial charge in [0, 0.05) is 16.9 Å². The lowest BCUT2D eigenvalue weighted by Gasteiger charge is -2.33. The molecule has 0 spiro atoms. The number of carbonyl (C=O) groups excluding carboxylic acids is 1. The maximum atomic E-state index is 12.1. The van der Waals surface area contributed by atoms with Crippen LogP contribution in [0.25, 0.3) is 0 Å². The Morgan fingerprint density at radius 3 is 2.89 bits per heavy atom. The summed E-state index contributed by atoms with van der Waals surface area (Å²) in [6, 6.07) is 0. The summed E-state index contributed by atoms with van der Waals surface area (Å²) in [7, 11) is 1.45.